The highest BCUT2D eigenvalue weighted by Gasteiger charge is 2.31. The lowest BCUT2D eigenvalue weighted by Gasteiger charge is -2.31. The van der Waals surface area contributed by atoms with Crippen LogP contribution in [-0.4, -0.2) is 39.2 Å². The summed E-state index contributed by atoms with van der Waals surface area (Å²) >= 11 is 0. The highest BCUT2D eigenvalue weighted by Crippen LogP contribution is 2.27. The lowest BCUT2D eigenvalue weighted by Crippen LogP contribution is -2.38. The van der Waals surface area contributed by atoms with E-state index in [1.54, 1.807) is 0 Å². The van der Waals surface area contributed by atoms with Gasteiger partial charge in [0.15, 0.2) is 14.4 Å². The summed E-state index contributed by atoms with van der Waals surface area (Å²) in [5, 5.41) is 9.73. The Kier molecular flexibility index (Phi) is 12.4. The predicted octanol–water partition coefficient (Wildman–Crippen LogP) is 4.29. The maximum absolute atomic E-state index is 11.3. The van der Waals surface area contributed by atoms with Crippen molar-refractivity contribution in [3.63, 3.8) is 0 Å². The smallest absolute Gasteiger partial charge is 0.335 e. The Labute approximate surface area is 143 Å². The molecule has 0 rings (SSSR count). The Balaban J connectivity index is 4.37. The molecule has 23 heavy (non-hydrogen) atoms. The normalized spacial score (nSPS) is 14.9. The third-order valence-electron chi connectivity index (χ3n) is 4.19. The highest BCUT2D eigenvalue weighted by molar-refractivity contribution is 6.73. The third kappa shape index (κ3) is 8.68. The van der Waals surface area contributed by atoms with Crippen LogP contribution in [-0.2, 0) is 14.0 Å². The number of rotatable bonds is 13. The van der Waals surface area contributed by atoms with Crippen molar-refractivity contribution in [2.45, 2.75) is 77.6 Å². The first kappa shape index (κ1) is 22.3. The fraction of sp³-hybridized carbons (Fsp3) is 0.833. The molecule has 0 aliphatic rings. The van der Waals surface area contributed by atoms with Gasteiger partial charge in [0, 0.05) is 12.5 Å². The van der Waals surface area contributed by atoms with Gasteiger partial charge in [0.25, 0.3) is 0 Å². The van der Waals surface area contributed by atoms with Crippen LogP contribution < -0.4 is 0 Å². The third-order valence-corrected chi connectivity index (χ3v) is 9.24. The zero-order chi connectivity index (χ0) is 17.7. The van der Waals surface area contributed by atoms with E-state index in [1.807, 2.05) is 19.1 Å². The van der Waals surface area contributed by atoms with Crippen LogP contribution in [0.5, 0.6) is 0 Å². The molecule has 0 radical (unpaired) electrons. The van der Waals surface area contributed by atoms with Crippen molar-refractivity contribution in [1.82, 2.24) is 0 Å². The zero-order valence-electron chi connectivity index (χ0n) is 15.6. The maximum atomic E-state index is 11.3. The molecule has 0 amide bonds. The summed E-state index contributed by atoms with van der Waals surface area (Å²) in [6.45, 7) is 9.28. The first-order chi connectivity index (χ1) is 11.0. The largest absolute Gasteiger partial charge is 0.467 e. The van der Waals surface area contributed by atoms with Crippen LogP contribution in [0.25, 0.3) is 0 Å². The van der Waals surface area contributed by atoms with Gasteiger partial charge in [-0.05, 0) is 24.6 Å². The van der Waals surface area contributed by atoms with Crippen LogP contribution in [0.15, 0.2) is 12.2 Å². The summed E-state index contributed by atoms with van der Waals surface area (Å²) in [7, 11) is -0.289. The van der Waals surface area contributed by atoms with E-state index in [9.17, 15) is 9.90 Å². The van der Waals surface area contributed by atoms with Gasteiger partial charge in [0.2, 0.25) is 0 Å². The average Bonchev–Trinajstić information content (AvgIpc) is 2.53. The van der Waals surface area contributed by atoms with E-state index < -0.39 is 20.4 Å². The lowest BCUT2D eigenvalue weighted by atomic mass is 10.0. The average molecular weight is 345 g/mol. The molecule has 0 spiro atoms. The van der Waals surface area contributed by atoms with Gasteiger partial charge in [-0.25, -0.2) is 4.79 Å². The second-order valence-electron chi connectivity index (χ2n) is 6.33. The molecule has 136 valence electrons. The fourth-order valence-electron chi connectivity index (χ4n) is 3.05. The monoisotopic (exact) mass is 344 g/mol. The van der Waals surface area contributed by atoms with Crippen molar-refractivity contribution in [3.8, 4) is 0 Å². The molecule has 0 heterocycles. The molecule has 0 fully saturated rings. The van der Waals surface area contributed by atoms with Crippen LogP contribution >= 0.6 is 0 Å². The first-order valence-electron chi connectivity index (χ1n) is 9.02. The molecular formula is C18H36O4Si. The van der Waals surface area contributed by atoms with Crippen molar-refractivity contribution >= 4 is 14.3 Å². The summed E-state index contributed by atoms with van der Waals surface area (Å²) in [4.78, 5) is 11.3. The number of hydrogen-bond acceptors (Lipinski definition) is 4. The number of methoxy groups -OCH3 is 1. The van der Waals surface area contributed by atoms with Crippen LogP contribution in [0.1, 0.15) is 53.4 Å². The number of esters is 1. The van der Waals surface area contributed by atoms with Crippen molar-refractivity contribution in [2.75, 3.05) is 13.7 Å². The predicted molar refractivity (Wildman–Crippen MR) is 97.9 cm³/mol. The maximum Gasteiger partial charge on any atom is 0.335 e. The number of carbonyl (C=O) groups excluding carboxylic acids is 1. The molecule has 0 aromatic rings. The lowest BCUT2D eigenvalue weighted by molar-refractivity contribution is -0.152. The summed E-state index contributed by atoms with van der Waals surface area (Å²) < 4.78 is 10.9. The molecule has 0 saturated heterocycles. The minimum Gasteiger partial charge on any atom is -0.467 e. The quantitative estimate of drug-likeness (QED) is 0.234. The minimum absolute atomic E-state index is 0.244. The molecule has 0 aliphatic carbocycles. The second kappa shape index (κ2) is 12.7. The molecule has 0 aliphatic heterocycles. The summed E-state index contributed by atoms with van der Waals surface area (Å²) in [6, 6.07) is 3.74. The fourth-order valence-corrected chi connectivity index (χ4v) is 7.52. The van der Waals surface area contributed by atoms with Gasteiger partial charge in [-0.3, -0.25) is 0 Å². The SMILES string of the molecule is CCC[Si](CCC)(CCC)OCC/C=C/[C@@H](C)[C@@H](O)C(=O)OC. The van der Waals surface area contributed by atoms with E-state index >= 15 is 0 Å². The zero-order valence-corrected chi connectivity index (χ0v) is 16.6. The van der Waals surface area contributed by atoms with Crippen LogP contribution in [0.4, 0.5) is 0 Å². The van der Waals surface area contributed by atoms with E-state index in [4.69, 9.17) is 4.43 Å². The van der Waals surface area contributed by atoms with Gasteiger partial charge in [-0.1, -0.05) is 59.1 Å². The molecule has 0 saturated carbocycles. The van der Waals surface area contributed by atoms with Gasteiger partial charge >= 0.3 is 5.97 Å². The Morgan fingerprint density at radius 1 is 1.13 bits per heavy atom. The van der Waals surface area contributed by atoms with Crippen LogP contribution in [0.2, 0.25) is 18.1 Å². The van der Waals surface area contributed by atoms with Crippen LogP contribution in [0.3, 0.4) is 0 Å². The molecule has 0 aromatic heterocycles. The molecule has 1 N–H and O–H groups in total. The molecule has 0 aromatic carbocycles. The summed E-state index contributed by atoms with van der Waals surface area (Å²) in [5.74, 6) is -0.829. The Morgan fingerprint density at radius 2 is 1.65 bits per heavy atom. The molecular weight excluding hydrogens is 308 g/mol. The topological polar surface area (TPSA) is 55.8 Å². The van der Waals surface area contributed by atoms with Gasteiger partial charge in [-0.2, -0.15) is 0 Å². The molecule has 0 bridgehead atoms. The standard InChI is InChI=1S/C18H36O4Si/c1-6-13-23(14-7-2,15-8-3)22-12-10-9-11-16(4)17(19)18(20)21-5/h9,11,16-17,19H,6-8,10,12-15H2,1-5H3/b11-9+/t16-,17-/m1/s1. The second-order valence-corrected chi connectivity index (χ2v) is 10.5. The molecule has 2 atom stereocenters. The Bertz CT molecular complexity index is 327. The van der Waals surface area contributed by atoms with Gasteiger partial charge < -0.3 is 14.3 Å². The van der Waals surface area contributed by atoms with E-state index in [1.165, 1.54) is 44.5 Å². The van der Waals surface area contributed by atoms with E-state index in [2.05, 4.69) is 25.5 Å². The number of aliphatic hydroxyl groups excluding tert-OH is 1. The Hall–Kier alpha value is -0.653. The van der Waals surface area contributed by atoms with Crippen molar-refractivity contribution in [1.29, 1.82) is 0 Å². The van der Waals surface area contributed by atoms with E-state index in [-0.39, 0.29) is 5.92 Å². The number of ether oxygens (including phenoxy) is 1. The number of aliphatic hydroxyl groups is 1. The van der Waals surface area contributed by atoms with E-state index in [0.29, 0.717) is 0 Å². The van der Waals surface area contributed by atoms with Gasteiger partial charge in [-0.15, -0.1) is 0 Å². The molecule has 4 nitrogen and oxygen atoms in total. The Morgan fingerprint density at radius 3 is 2.09 bits per heavy atom. The van der Waals surface area contributed by atoms with E-state index in [0.717, 1.165) is 13.0 Å². The number of hydrogen-bond donors (Lipinski definition) is 1. The van der Waals surface area contributed by atoms with Crippen LogP contribution in [0, 0.1) is 5.92 Å². The van der Waals surface area contributed by atoms with Gasteiger partial charge in [0.1, 0.15) is 0 Å². The van der Waals surface area contributed by atoms with Crippen molar-refractivity contribution < 1.29 is 19.1 Å². The molecule has 5 heteroatoms. The molecule has 0 unspecified atom stereocenters. The number of carbonyl (C=O) groups is 1. The highest BCUT2D eigenvalue weighted by atomic mass is 28.4. The summed E-state index contributed by atoms with van der Waals surface area (Å²) in [5.41, 5.74) is 0. The minimum atomic E-state index is -1.58. The van der Waals surface area contributed by atoms with Crippen molar-refractivity contribution in [2.24, 2.45) is 5.92 Å². The summed E-state index contributed by atoms with van der Waals surface area (Å²) in [6.07, 6.45) is 7.20. The van der Waals surface area contributed by atoms with Gasteiger partial charge in [0.05, 0.1) is 7.11 Å². The van der Waals surface area contributed by atoms with Crippen molar-refractivity contribution in [3.05, 3.63) is 12.2 Å². The first-order valence-corrected chi connectivity index (χ1v) is 11.6.